The Balaban J connectivity index is 2.18. The summed E-state index contributed by atoms with van der Waals surface area (Å²) in [5.41, 5.74) is 0.676. The first-order chi connectivity index (χ1) is 9.06. The molecule has 0 saturated heterocycles. The van der Waals surface area contributed by atoms with Gasteiger partial charge in [-0.1, -0.05) is 42.1 Å². The summed E-state index contributed by atoms with van der Waals surface area (Å²) in [6.45, 7) is 1.83. The number of carbonyl (C=O) groups is 2. The minimum atomic E-state index is -0.952. The topological polar surface area (TPSA) is 78.8 Å². The number of carbonyl (C=O) groups excluding carboxylic acids is 1. The van der Waals surface area contributed by atoms with Gasteiger partial charge in [-0.05, 0) is 12.5 Å². The van der Waals surface area contributed by atoms with Crippen LogP contribution < -0.4 is 5.32 Å². The van der Waals surface area contributed by atoms with Gasteiger partial charge in [0.1, 0.15) is 5.25 Å². The fraction of sp³-hybridized carbons (Fsp3) is 0.308. The number of hydrogen-bond donors (Lipinski definition) is 2. The fourth-order valence-electron chi connectivity index (χ4n) is 1.78. The third kappa shape index (κ3) is 3.57. The van der Waals surface area contributed by atoms with Gasteiger partial charge in [0.2, 0.25) is 5.91 Å². The molecule has 0 saturated carbocycles. The third-order valence-electron chi connectivity index (χ3n) is 2.62. The van der Waals surface area contributed by atoms with E-state index in [1.54, 1.807) is 24.3 Å². The predicted molar refractivity (Wildman–Crippen MR) is 74.1 cm³/mol. The maximum Gasteiger partial charge on any atom is 0.321 e. The number of aliphatic carboxylic acids is 1. The highest BCUT2D eigenvalue weighted by Gasteiger charge is 2.26. The lowest BCUT2D eigenvalue weighted by atomic mass is 10.1. The summed E-state index contributed by atoms with van der Waals surface area (Å²) in [5.74, 6) is -1.08. The number of nitrogens with one attached hydrogen (secondary N) is 1. The second-order valence-electron chi connectivity index (χ2n) is 4.28. The molecule has 6 heteroatoms. The summed E-state index contributed by atoms with van der Waals surface area (Å²) in [4.78, 5) is 27.0. The Morgan fingerprint density at radius 3 is 2.74 bits per heavy atom. The highest BCUT2D eigenvalue weighted by molar-refractivity contribution is 8.14. The molecular weight excluding hydrogens is 264 g/mol. The minimum absolute atomic E-state index is 0.110. The van der Waals surface area contributed by atoms with Crippen molar-refractivity contribution in [2.24, 2.45) is 4.99 Å². The Kier molecular flexibility index (Phi) is 4.21. The van der Waals surface area contributed by atoms with Crippen molar-refractivity contribution < 1.29 is 14.7 Å². The number of amidine groups is 1. The van der Waals surface area contributed by atoms with E-state index in [9.17, 15) is 14.7 Å². The number of aliphatic imine (C=N–C) groups is 1. The van der Waals surface area contributed by atoms with Gasteiger partial charge in [0.25, 0.3) is 0 Å². The quantitative estimate of drug-likeness (QED) is 0.883. The van der Waals surface area contributed by atoms with Crippen molar-refractivity contribution in [1.82, 2.24) is 5.32 Å². The van der Waals surface area contributed by atoms with Crippen LogP contribution in [-0.4, -0.2) is 28.2 Å². The molecule has 1 heterocycles. The number of benzene rings is 1. The van der Waals surface area contributed by atoms with Crippen LogP contribution in [0.1, 0.15) is 24.2 Å². The summed E-state index contributed by atoms with van der Waals surface area (Å²) < 4.78 is 0. The normalized spacial score (nSPS) is 20.4. The first-order valence-electron chi connectivity index (χ1n) is 5.88. The second-order valence-corrected chi connectivity index (χ2v) is 5.38. The molecule has 19 heavy (non-hydrogen) atoms. The van der Waals surface area contributed by atoms with Crippen LogP contribution in [0.25, 0.3) is 0 Å². The van der Waals surface area contributed by atoms with Gasteiger partial charge in [0, 0.05) is 6.42 Å². The molecule has 1 aliphatic heterocycles. The second kappa shape index (κ2) is 5.88. The molecule has 1 amide bonds. The Morgan fingerprint density at radius 1 is 1.47 bits per heavy atom. The van der Waals surface area contributed by atoms with Crippen molar-refractivity contribution in [2.45, 2.75) is 24.6 Å². The van der Waals surface area contributed by atoms with Crippen LogP contribution >= 0.6 is 11.8 Å². The van der Waals surface area contributed by atoms with E-state index in [1.807, 2.05) is 13.0 Å². The third-order valence-corrected chi connectivity index (χ3v) is 3.76. The molecule has 0 spiro atoms. The van der Waals surface area contributed by atoms with Crippen LogP contribution in [-0.2, 0) is 9.59 Å². The molecular formula is C13H14N2O3S. The van der Waals surface area contributed by atoms with E-state index < -0.39 is 11.2 Å². The molecule has 0 fully saturated rings. The molecule has 2 N–H and O–H groups in total. The number of amides is 1. The molecule has 2 atom stereocenters. The van der Waals surface area contributed by atoms with Gasteiger partial charge in [-0.15, -0.1) is 0 Å². The molecule has 5 nitrogen and oxygen atoms in total. The van der Waals surface area contributed by atoms with Crippen LogP contribution in [0.15, 0.2) is 35.3 Å². The van der Waals surface area contributed by atoms with E-state index in [0.29, 0.717) is 17.2 Å². The van der Waals surface area contributed by atoms with Crippen LogP contribution in [0.4, 0.5) is 0 Å². The van der Waals surface area contributed by atoms with Crippen LogP contribution in [0.2, 0.25) is 0 Å². The smallest absolute Gasteiger partial charge is 0.321 e. The number of hydrogen-bond acceptors (Lipinski definition) is 4. The number of nitrogens with zero attached hydrogens (tertiary/aromatic N) is 1. The van der Waals surface area contributed by atoms with Crippen molar-refractivity contribution in [3.63, 3.8) is 0 Å². The number of carboxylic acids is 1. The lowest BCUT2D eigenvalue weighted by Gasteiger charge is -2.20. The molecule has 0 radical (unpaired) electrons. The van der Waals surface area contributed by atoms with Crippen molar-refractivity contribution in [3.8, 4) is 0 Å². The van der Waals surface area contributed by atoms with Gasteiger partial charge < -0.3 is 10.4 Å². The molecule has 1 aliphatic rings. The maximum absolute atomic E-state index is 11.4. The average Bonchev–Trinajstić information content (AvgIpc) is 2.35. The lowest BCUT2D eigenvalue weighted by molar-refractivity contribution is -0.136. The van der Waals surface area contributed by atoms with Crippen molar-refractivity contribution >= 4 is 28.8 Å². The molecule has 2 rings (SSSR count). The van der Waals surface area contributed by atoms with Crippen molar-refractivity contribution in [3.05, 3.63) is 35.9 Å². The maximum atomic E-state index is 11.4. The van der Waals surface area contributed by atoms with Crippen LogP contribution in [0.5, 0.6) is 0 Å². The van der Waals surface area contributed by atoms with Crippen molar-refractivity contribution in [2.75, 3.05) is 0 Å². The van der Waals surface area contributed by atoms with E-state index in [0.717, 1.165) is 11.8 Å². The summed E-state index contributed by atoms with van der Waals surface area (Å²) in [7, 11) is 0. The molecule has 100 valence electrons. The number of thioether (sulfide) groups is 1. The summed E-state index contributed by atoms with van der Waals surface area (Å²) >= 11 is 1.05. The largest absolute Gasteiger partial charge is 0.480 e. The molecule has 0 aliphatic carbocycles. The van der Waals surface area contributed by atoms with Crippen LogP contribution in [0.3, 0.4) is 0 Å². The molecule has 0 bridgehead atoms. The zero-order valence-electron chi connectivity index (χ0n) is 10.4. The van der Waals surface area contributed by atoms with Gasteiger partial charge in [-0.2, -0.15) is 0 Å². The van der Waals surface area contributed by atoms with Crippen molar-refractivity contribution in [1.29, 1.82) is 0 Å². The predicted octanol–water partition coefficient (Wildman–Crippen LogP) is 1.81. The number of rotatable bonds is 3. The van der Waals surface area contributed by atoms with E-state index in [2.05, 4.69) is 10.3 Å². The van der Waals surface area contributed by atoms with E-state index in [-0.39, 0.29) is 11.9 Å². The monoisotopic (exact) mass is 278 g/mol. The van der Waals surface area contributed by atoms with Crippen LogP contribution in [0, 0.1) is 0 Å². The Labute approximate surface area is 115 Å². The molecule has 1 aromatic rings. The summed E-state index contributed by atoms with van der Waals surface area (Å²) in [6.07, 6.45) is 0.340. The van der Waals surface area contributed by atoms with E-state index in [4.69, 9.17) is 0 Å². The highest BCUT2D eigenvalue weighted by Crippen LogP contribution is 2.30. The zero-order chi connectivity index (χ0) is 13.8. The average molecular weight is 278 g/mol. The minimum Gasteiger partial charge on any atom is -0.480 e. The summed E-state index contributed by atoms with van der Waals surface area (Å²) in [5, 5.41) is 11.5. The van der Waals surface area contributed by atoms with Gasteiger partial charge >= 0.3 is 5.97 Å². The SMILES string of the molecule is C[C@@H]1CC(=O)NC(S[C@@H](C(=O)O)c2ccccc2)=N1. The molecule has 0 aromatic heterocycles. The van der Waals surface area contributed by atoms with E-state index in [1.165, 1.54) is 0 Å². The Bertz CT molecular complexity index is 516. The van der Waals surface area contributed by atoms with Gasteiger partial charge in [0.05, 0.1) is 6.04 Å². The standard InChI is InChI=1S/C13H14N2O3S/c1-8-7-10(16)15-13(14-8)19-11(12(17)18)9-5-3-2-4-6-9/h2-6,8,11H,7H2,1H3,(H,17,18)(H,14,15,16)/t8-,11-/m1/s1. The molecule has 0 unspecified atom stereocenters. The van der Waals surface area contributed by atoms with E-state index >= 15 is 0 Å². The number of carboxylic acid groups (broad SMARTS) is 1. The van der Waals surface area contributed by atoms with Gasteiger partial charge in [0.15, 0.2) is 5.17 Å². The van der Waals surface area contributed by atoms with Gasteiger partial charge in [-0.3, -0.25) is 14.6 Å². The molecule has 1 aromatic carbocycles. The first-order valence-corrected chi connectivity index (χ1v) is 6.76. The van der Waals surface area contributed by atoms with Gasteiger partial charge in [-0.25, -0.2) is 0 Å². The lowest BCUT2D eigenvalue weighted by Crippen LogP contribution is -2.36. The Morgan fingerprint density at radius 2 is 2.16 bits per heavy atom. The zero-order valence-corrected chi connectivity index (χ0v) is 11.2. The summed E-state index contributed by atoms with van der Waals surface area (Å²) in [6, 6.07) is 8.79. The first kappa shape index (κ1) is 13.6. The highest BCUT2D eigenvalue weighted by atomic mass is 32.2. The fourth-order valence-corrected chi connectivity index (χ4v) is 2.81. The Hall–Kier alpha value is -1.82.